The number of carbonyl (C=O) groups excluding carboxylic acids is 1. The molecule has 0 bridgehead atoms. The molecule has 0 heterocycles. The largest absolute Gasteiger partial charge is 0.481 e. The third-order valence-electron chi connectivity index (χ3n) is 3.30. The normalized spacial score (nSPS) is 22.7. The quantitative estimate of drug-likeness (QED) is 0.902. The van der Waals surface area contributed by atoms with Gasteiger partial charge in [-0.25, -0.2) is 0 Å². The van der Waals surface area contributed by atoms with E-state index in [-0.39, 0.29) is 5.91 Å². The second-order valence-electron chi connectivity index (χ2n) is 4.45. The fourth-order valence-corrected chi connectivity index (χ4v) is 2.74. The molecule has 0 aliphatic heterocycles. The zero-order valence-electron chi connectivity index (χ0n) is 9.73. The number of nitrogens with one attached hydrogen (secondary N) is 1. The van der Waals surface area contributed by atoms with Crippen LogP contribution in [0.1, 0.15) is 19.3 Å². The van der Waals surface area contributed by atoms with Gasteiger partial charge in [0.05, 0.1) is 17.5 Å². The predicted molar refractivity (Wildman–Crippen MR) is 71.2 cm³/mol. The van der Waals surface area contributed by atoms with Crippen molar-refractivity contribution >= 4 is 33.5 Å². The van der Waals surface area contributed by atoms with Crippen LogP contribution in [0.5, 0.6) is 0 Å². The molecule has 0 spiro atoms. The summed E-state index contributed by atoms with van der Waals surface area (Å²) >= 11 is 3.35. The Morgan fingerprint density at radius 2 is 1.89 bits per heavy atom. The van der Waals surface area contributed by atoms with E-state index in [0.717, 1.165) is 10.9 Å². The van der Waals surface area contributed by atoms with E-state index in [1.807, 2.05) is 18.2 Å². The maximum absolute atomic E-state index is 12.1. The highest BCUT2D eigenvalue weighted by atomic mass is 79.9. The number of hydrogen-bond donors (Lipinski definition) is 2. The number of benzene rings is 1. The van der Waals surface area contributed by atoms with Crippen molar-refractivity contribution in [2.75, 3.05) is 5.32 Å². The zero-order chi connectivity index (χ0) is 13.1. The Balaban J connectivity index is 2.08. The number of carboxylic acids is 1. The van der Waals surface area contributed by atoms with Crippen LogP contribution < -0.4 is 5.32 Å². The molecule has 1 aliphatic carbocycles. The molecule has 0 radical (unpaired) electrons. The highest BCUT2D eigenvalue weighted by molar-refractivity contribution is 9.10. The number of carboxylic acid groups (broad SMARTS) is 1. The molecule has 1 amide bonds. The Morgan fingerprint density at radius 1 is 1.22 bits per heavy atom. The SMILES string of the molecule is O=C(O)C1CCCC1C(=O)Nc1ccccc1Br. The van der Waals surface area contributed by atoms with E-state index in [4.69, 9.17) is 5.11 Å². The lowest BCUT2D eigenvalue weighted by molar-refractivity contribution is -0.145. The van der Waals surface area contributed by atoms with E-state index < -0.39 is 17.8 Å². The van der Waals surface area contributed by atoms with Gasteiger partial charge in [0.1, 0.15) is 0 Å². The Kier molecular flexibility index (Phi) is 4.01. The monoisotopic (exact) mass is 311 g/mol. The molecule has 0 aromatic heterocycles. The van der Waals surface area contributed by atoms with Gasteiger partial charge in [0, 0.05) is 4.47 Å². The topological polar surface area (TPSA) is 66.4 Å². The van der Waals surface area contributed by atoms with E-state index in [2.05, 4.69) is 21.2 Å². The molecule has 2 rings (SSSR count). The van der Waals surface area contributed by atoms with E-state index >= 15 is 0 Å². The van der Waals surface area contributed by atoms with Crippen LogP contribution in [0.4, 0.5) is 5.69 Å². The fraction of sp³-hybridized carbons (Fsp3) is 0.385. The molecule has 96 valence electrons. The molecular formula is C13H14BrNO3. The van der Waals surface area contributed by atoms with Crippen LogP contribution in [0.3, 0.4) is 0 Å². The van der Waals surface area contributed by atoms with Crippen LogP contribution in [-0.4, -0.2) is 17.0 Å². The Bertz CT molecular complexity index is 475. The first-order valence-corrected chi connectivity index (χ1v) is 6.67. The van der Waals surface area contributed by atoms with E-state index in [0.29, 0.717) is 18.5 Å². The zero-order valence-corrected chi connectivity index (χ0v) is 11.3. The molecule has 2 unspecified atom stereocenters. The number of hydrogen-bond acceptors (Lipinski definition) is 2. The van der Waals surface area contributed by atoms with E-state index in [1.54, 1.807) is 6.07 Å². The molecule has 1 aromatic rings. The van der Waals surface area contributed by atoms with Crippen molar-refractivity contribution in [3.05, 3.63) is 28.7 Å². The van der Waals surface area contributed by atoms with Crippen molar-refractivity contribution in [1.82, 2.24) is 0 Å². The minimum atomic E-state index is -0.875. The van der Waals surface area contributed by atoms with Gasteiger partial charge in [-0.3, -0.25) is 9.59 Å². The summed E-state index contributed by atoms with van der Waals surface area (Å²) in [7, 11) is 0. The van der Waals surface area contributed by atoms with Crippen LogP contribution in [0.25, 0.3) is 0 Å². The van der Waals surface area contributed by atoms with Crippen LogP contribution in [0, 0.1) is 11.8 Å². The average Bonchev–Trinajstić information content (AvgIpc) is 2.81. The van der Waals surface area contributed by atoms with Gasteiger partial charge in [0.2, 0.25) is 5.91 Å². The van der Waals surface area contributed by atoms with Crippen LogP contribution in [0.2, 0.25) is 0 Å². The molecular weight excluding hydrogens is 298 g/mol. The summed E-state index contributed by atoms with van der Waals surface area (Å²) < 4.78 is 0.795. The molecule has 2 N–H and O–H groups in total. The van der Waals surface area contributed by atoms with Crippen LogP contribution in [-0.2, 0) is 9.59 Å². The van der Waals surface area contributed by atoms with E-state index in [9.17, 15) is 9.59 Å². The summed E-state index contributed by atoms with van der Waals surface area (Å²) in [5, 5.41) is 11.9. The first-order valence-electron chi connectivity index (χ1n) is 5.88. The molecule has 18 heavy (non-hydrogen) atoms. The van der Waals surface area contributed by atoms with Crippen molar-refractivity contribution in [2.24, 2.45) is 11.8 Å². The third-order valence-corrected chi connectivity index (χ3v) is 3.99. The summed E-state index contributed by atoms with van der Waals surface area (Å²) in [6, 6.07) is 7.30. The third kappa shape index (κ3) is 2.72. The van der Waals surface area contributed by atoms with Crippen molar-refractivity contribution < 1.29 is 14.7 Å². The highest BCUT2D eigenvalue weighted by Gasteiger charge is 2.37. The maximum atomic E-state index is 12.1. The Morgan fingerprint density at radius 3 is 2.56 bits per heavy atom. The molecule has 1 fully saturated rings. The molecule has 1 aromatic carbocycles. The van der Waals surface area contributed by atoms with Crippen molar-refractivity contribution in [2.45, 2.75) is 19.3 Å². The number of anilines is 1. The maximum Gasteiger partial charge on any atom is 0.307 e. The number of rotatable bonds is 3. The number of halogens is 1. The summed E-state index contributed by atoms with van der Waals surface area (Å²) in [5.74, 6) is -2.05. The lowest BCUT2D eigenvalue weighted by Gasteiger charge is -2.16. The lowest BCUT2D eigenvalue weighted by atomic mass is 9.95. The summed E-state index contributed by atoms with van der Waals surface area (Å²) in [5.41, 5.74) is 0.679. The number of amides is 1. The van der Waals surface area contributed by atoms with E-state index in [1.165, 1.54) is 0 Å². The number of para-hydroxylation sites is 1. The second kappa shape index (κ2) is 5.52. The molecule has 5 heteroatoms. The number of carbonyl (C=O) groups is 2. The van der Waals surface area contributed by atoms with Gasteiger partial charge in [-0.2, -0.15) is 0 Å². The average molecular weight is 312 g/mol. The van der Waals surface area contributed by atoms with Gasteiger partial charge >= 0.3 is 5.97 Å². The Labute approximate surface area is 114 Å². The summed E-state index contributed by atoms with van der Waals surface area (Å²) in [6.07, 6.45) is 2.03. The Hall–Kier alpha value is -1.36. The van der Waals surface area contributed by atoms with Crippen molar-refractivity contribution in [3.8, 4) is 0 Å². The standard InChI is InChI=1S/C13H14BrNO3/c14-10-6-1-2-7-11(10)15-12(16)8-4-3-5-9(8)13(17)18/h1-2,6-9H,3-5H2,(H,15,16)(H,17,18). The molecule has 0 saturated heterocycles. The van der Waals surface area contributed by atoms with Crippen molar-refractivity contribution in [1.29, 1.82) is 0 Å². The first kappa shape index (κ1) is 13.1. The lowest BCUT2D eigenvalue weighted by Crippen LogP contribution is -2.30. The predicted octanol–water partition coefficient (Wildman–Crippen LogP) is 2.89. The van der Waals surface area contributed by atoms with Gasteiger partial charge in [-0.15, -0.1) is 0 Å². The van der Waals surface area contributed by atoms with Crippen LogP contribution in [0.15, 0.2) is 28.7 Å². The van der Waals surface area contributed by atoms with Gasteiger partial charge < -0.3 is 10.4 Å². The second-order valence-corrected chi connectivity index (χ2v) is 5.31. The minimum Gasteiger partial charge on any atom is -0.481 e. The fourth-order valence-electron chi connectivity index (χ4n) is 2.36. The van der Waals surface area contributed by atoms with Gasteiger partial charge in [0.25, 0.3) is 0 Å². The smallest absolute Gasteiger partial charge is 0.307 e. The molecule has 1 aliphatic rings. The molecule has 2 atom stereocenters. The highest BCUT2D eigenvalue weighted by Crippen LogP contribution is 2.33. The number of aliphatic carboxylic acids is 1. The minimum absolute atomic E-state index is 0.202. The molecule has 4 nitrogen and oxygen atoms in total. The van der Waals surface area contributed by atoms with Gasteiger partial charge in [-0.05, 0) is 40.9 Å². The van der Waals surface area contributed by atoms with Crippen LogP contribution >= 0.6 is 15.9 Å². The van der Waals surface area contributed by atoms with Gasteiger partial charge in [-0.1, -0.05) is 18.6 Å². The first-order chi connectivity index (χ1) is 8.59. The molecule has 1 saturated carbocycles. The summed E-state index contributed by atoms with van der Waals surface area (Å²) in [4.78, 5) is 23.1. The van der Waals surface area contributed by atoms with Gasteiger partial charge in [0.15, 0.2) is 0 Å². The summed E-state index contributed by atoms with van der Waals surface area (Å²) in [6.45, 7) is 0. The van der Waals surface area contributed by atoms with Crippen molar-refractivity contribution in [3.63, 3.8) is 0 Å².